The predicted octanol–water partition coefficient (Wildman–Crippen LogP) is 6.36. The molecule has 0 aliphatic heterocycles. The van der Waals surface area contributed by atoms with Gasteiger partial charge in [0, 0.05) is 0 Å². The largest absolute Gasteiger partial charge is 0.258 e. The second kappa shape index (κ2) is 4.71. The van der Waals surface area contributed by atoms with E-state index < -0.39 is 0 Å². The summed E-state index contributed by atoms with van der Waals surface area (Å²) >= 11 is 7.32. The molecule has 22 heavy (non-hydrogen) atoms. The first kappa shape index (κ1) is 15.9. The summed E-state index contributed by atoms with van der Waals surface area (Å²) in [5, 5.41) is 0. The minimum absolute atomic E-state index is 0.418. The van der Waals surface area contributed by atoms with E-state index in [2.05, 4.69) is 41.5 Å². The number of hydrogen-bond donors (Lipinski definition) is 0. The standard InChI is InChI=1S/C20H34BCl/c1-11-7-13-9-15(19(13,3)4)17(11)21(22)18-12(2)8-14-10-16(18)20(14,5)6/h11-18H,7-10H2,1-6H3/t11-,12-,13?,14?,15?,16?,17+,18+/m1/s1. The highest BCUT2D eigenvalue weighted by atomic mass is 35.5. The van der Waals surface area contributed by atoms with Crippen LogP contribution in [0.15, 0.2) is 0 Å². The third-order valence-corrected chi connectivity index (χ3v) is 9.97. The Kier molecular flexibility index (Phi) is 3.39. The first-order chi connectivity index (χ1) is 10.2. The van der Waals surface area contributed by atoms with Crippen LogP contribution in [0.2, 0.25) is 11.6 Å². The summed E-state index contributed by atoms with van der Waals surface area (Å²) in [5.74, 6) is 6.93. The van der Waals surface area contributed by atoms with Crippen molar-refractivity contribution in [3.8, 4) is 0 Å². The molecule has 2 heteroatoms. The Morgan fingerprint density at radius 3 is 1.41 bits per heavy atom. The van der Waals surface area contributed by atoms with E-state index in [-0.39, 0.29) is 0 Å². The van der Waals surface area contributed by atoms with Crippen molar-refractivity contribution in [2.45, 2.75) is 78.9 Å². The lowest BCUT2D eigenvalue weighted by Gasteiger charge is -2.67. The molecule has 4 bridgehead atoms. The lowest BCUT2D eigenvalue weighted by atomic mass is 9.27. The van der Waals surface area contributed by atoms with Gasteiger partial charge in [-0.05, 0) is 83.7 Å². The fourth-order valence-corrected chi connectivity index (χ4v) is 8.40. The Hall–Kier alpha value is 0.355. The summed E-state index contributed by atoms with van der Waals surface area (Å²) in [6, 6.07) is 0. The molecule has 0 aromatic heterocycles. The molecule has 0 aromatic carbocycles. The maximum absolute atomic E-state index is 7.32. The zero-order chi connectivity index (χ0) is 16.0. The predicted molar refractivity (Wildman–Crippen MR) is 97.4 cm³/mol. The second-order valence-electron chi connectivity index (χ2n) is 10.7. The first-order valence-electron chi connectivity index (χ1n) is 9.79. The summed E-state index contributed by atoms with van der Waals surface area (Å²) in [6.45, 7) is 15.1. The van der Waals surface area contributed by atoms with Gasteiger partial charge in [-0.2, -0.15) is 11.5 Å². The molecule has 6 aliphatic rings. The van der Waals surface area contributed by atoms with Crippen molar-refractivity contribution < 1.29 is 0 Å². The van der Waals surface area contributed by atoms with Gasteiger partial charge in [0.15, 0.2) is 0 Å². The maximum Gasteiger partial charge on any atom is 0.258 e. The topological polar surface area (TPSA) is 0 Å². The van der Waals surface area contributed by atoms with Crippen LogP contribution in [0.3, 0.4) is 0 Å². The van der Waals surface area contributed by atoms with E-state index in [0.29, 0.717) is 17.0 Å². The average molecular weight is 321 g/mol. The molecule has 0 spiro atoms. The fraction of sp³-hybridized carbons (Fsp3) is 1.00. The second-order valence-corrected chi connectivity index (χ2v) is 11.3. The molecular formula is C20H34BCl. The Bertz CT molecular complexity index is 428. The Morgan fingerprint density at radius 1 is 0.727 bits per heavy atom. The summed E-state index contributed by atoms with van der Waals surface area (Å²) in [6.07, 6.45) is 6.19. The van der Waals surface area contributed by atoms with Gasteiger partial charge in [-0.1, -0.05) is 41.5 Å². The molecule has 0 nitrogen and oxygen atoms in total. The number of hydrogen-bond acceptors (Lipinski definition) is 0. The average Bonchev–Trinajstić information content (AvgIpc) is 2.45. The van der Waals surface area contributed by atoms with Crippen molar-refractivity contribution in [2.75, 3.05) is 0 Å². The van der Waals surface area contributed by atoms with Crippen LogP contribution in [0.4, 0.5) is 0 Å². The zero-order valence-electron chi connectivity index (χ0n) is 15.4. The highest BCUT2D eigenvalue weighted by Gasteiger charge is 2.64. The first-order valence-corrected chi connectivity index (χ1v) is 10.2. The van der Waals surface area contributed by atoms with Crippen molar-refractivity contribution in [3.63, 3.8) is 0 Å². The van der Waals surface area contributed by atoms with Gasteiger partial charge in [0.1, 0.15) is 0 Å². The molecule has 6 fully saturated rings. The van der Waals surface area contributed by atoms with Crippen LogP contribution in [0.1, 0.15) is 67.2 Å². The van der Waals surface area contributed by atoms with E-state index in [0.717, 1.165) is 47.1 Å². The van der Waals surface area contributed by atoms with Crippen LogP contribution in [0, 0.1) is 46.3 Å². The third-order valence-electron chi connectivity index (χ3n) is 9.38. The Labute approximate surface area is 143 Å². The molecule has 6 rings (SSSR count). The van der Waals surface area contributed by atoms with Crippen LogP contribution >= 0.6 is 11.5 Å². The van der Waals surface area contributed by atoms with Crippen molar-refractivity contribution in [3.05, 3.63) is 0 Å². The molecular weight excluding hydrogens is 286 g/mol. The lowest BCUT2D eigenvalue weighted by Crippen LogP contribution is -2.60. The lowest BCUT2D eigenvalue weighted by molar-refractivity contribution is -0.0978. The van der Waals surface area contributed by atoms with Crippen molar-refractivity contribution in [1.82, 2.24) is 0 Å². The van der Waals surface area contributed by atoms with Crippen LogP contribution in [0.25, 0.3) is 0 Å². The number of fused-ring (bicyclic) bond motifs is 4. The SMILES string of the molecule is C[C@@H]1CC2CC([C@H]1B(Cl)[C@@H]1C3CC(C[C@H]1C)C3(C)C)C2(C)C. The van der Waals surface area contributed by atoms with Gasteiger partial charge in [-0.3, -0.25) is 0 Å². The van der Waals surface area contributed by atoms with E-state index in [9.17, 15) is 0 Å². The van der Waals surface area contributed by atoms with Gasteiger partial charge >= 0.3 is 0 Å². The molecule has 8 atom stereocenters. The smallest absolute Gasteiger partial charge is 0.195 e. The Morgan fingerprint density at radius 2 is 1.09 bits per heavy atom. The maximum atomic E-state index is 7.32. The molecule has 0 heterocycles. The molecule has 6 saturated carbocycles. The normalized spacial score (nSPS) is 54.1. The van der Waals surface area contributed by atoms with Gasteiger partial charge in [-0.15, -0.1) is 0 Å². The monoisotopic (exact) mass is 320 g/mol. The van der Waals surface area contributed by atoms with Crippen LogP contribution in [-0.4, -0.2) is 6.13 Å². The highest BCUT2D eigenvalue weighted by Crippen LogP contribution is 2.71. The van der Waals surface area contributed by atoms with E-state index in [1.165, 1.54) is 25.7 Å². The molecule has 4 unspecified atom stereocenters. The van der Waals surface area contributed by atoms with Gasteiger partial charge < -0.3 is 0 Å². The minimum Gasteiger partial charge on any atom is -0.195 e. The number of rotatable bonds is 2. The molecule has 0 saturated heterocycles. The van der Waals surface area contributed by atoms with Crippen LogP contribution < -0.4 is 0 Å². The van der Waals surface area contributed by atoms with Gasteiger partial charge in [0.25, 0.3) is 6.13 Å². The number of halogens is 1. The van der Waals surface area contributed by atoms with E-state index >= 15 is 0 Å². The van der Waals surface area contributed by atoms with E-state index in [4.69, 9.17) is 11.5 Å². The van der Waals surface area contributed by atoms with E-state index in [1.54, 1.807) is 0 Å². The molecule has 124 valence electrons. The molecule has 0 N–H and O–H groups in total. The van der Waals surface area contributed by atoms with Gasteiger partial charge in [0.05, 0.1) is 0 Å². The summed E-state index contributed by atoms with van der Waals surface area (Å²) in [5.41, 5.74) is 1.11. The highest BCUT2D eigenvalue weighted by molar-refractivity contribution is 7.08. The van der Waals surface area contributed by atoms with E-state index in [1.807, 2.05) is 0 Å². The van der Waals surface area contributed by atoms with Crippen molar-refractivity contribution in [2.24, 2.45) is 46.3 Å². The summed E-state index contributed by atoms with van der Waals surface area (Å²) in [4.78, 5) is 0. The van der Waals surface area contributed by atoms with Gasteiger partial charge in [-0.25, -0.2) is 0 Å². The van der Waals surface area contributed by atoms with Crippen LogP contribution in [0.5, 0.6) is 0 Å². The molecule has 6 aliphatic carbocycles. The van der Waals surface area contributed by atoms with Crippen LogP contribution in [-0.2, 0) is 0 Å². The minimum atomic E-state index is 0.418. The third kappa shape index (κ3) is 1.84. The summed E-state index contributed by atoms with van der Waals surface area (Å²) in [7, 11) is 0. The fourth-order valence-electron chi connectivity index (χ4n) is 7.55. The zero-order valence-corrected chi connectivity index (χ0v) is 16.2. The van der Waals surface area contributed by atoms with Crippen molar-refractivity contribution >= 4 is 17.6 Å². The molecule has 0 aromatic rings. The molecule has 0 amide bonds. The Balaban J connectivity index is 1.59. The van der Waals surface area contributed by atoms with Crippen molar-refractivity contribution in [1.29, 1.82) is 0 Å². The summed E-state index contributed by atoms with van der Waals surface area (Å²) < 4.78 is 0. The van der Waals surface area contributed by atoms with Gasteiger partial charge in [0.2, 0.25) is 0 Å². The molecule has 0 radical (unpaired) electrons. The quantitative estimate of drug-likeness (QED) is 0.519.